The fourth-order valence-corrected chi connectivity index (χ4v) is 1.80. The summed E-state index contributed by atoms with van der Waals surface area (Å²) in [7, 11) is 0. The number of ether oxygens (including phenoxy) is 2. The van der Waals surface area contributed by atoms with Gasteiger partial charge in [-0.15, -0.1) is 0 Å². The molecule has 0 amide bonds. The van der Waals surface area contributed by atoms with E-state index in [0.29, 0.717) is 24.7 Å². The van der Waals surface area contributed by atoms with Crippen LogP contribution >= 0.6 is 0 Å². The first-order valence-electron chi connectivity index (χ1n) is 5.17. The predicted octanol–water partition coefficient (Wildman–Crippen LogP) is 1.70. The first-order valence-corrected chi connectivity index (χ1v) is 5.17. The molecule has 0 aliphatic carbocycles. The molecule has 0 atom stereocenters. The Morgan fingerprint density at radius 3 is 2.41 bits per heavy atom. The molecule has 2 heterocycles. The van der Waals surface area contributed by atoms with Crippen molar-refractivity contribution in [3.63, 3.8) is 0 Å². The molecule has 0 saturated heterocycles. The van der Waals surface area contributed by atoms with Crippen LogP contribution in [0.15, 0.2) is 24.4 Å². The van der Waals surface area contributed by atoms with E-state index in [2.05, 4.69) is 4.98 Å². The molecule has 5 heteroatoms. The third-order valence-corrected chi connectivity index (χ3v) is 2.60. The van der Waals surface area contributed by atoms with E-state index in [-0.39, 0.29) is 5.69 Å². The second-order valence-electron chi connectivity index (χ2n) is 3.72. The van der Waals surface area contributed by atoms with Crippen LogP contribution in [0, 0.1) is 0 Å². The molecule has 0 fully saturated rings. The zero-order valence-electron chi connectivity index (χ0n) is 8.84. The number of carboxylic acid groups (broad SMARTS) is 1. The summed E-state index contributed by atoms with van der Waals surface area (Å²) in [5.41, 5.74) is 0.0224. The van der Waals surface area contributed by atoms with Gasteiger partial charge in [0.25, 0.3) is 0 Å². The van der Waals surface area contributed by atoms with Gasteiger partial charge in [-0.1, -0.05) is 0 Å². The lowest BCUT2D eigenvalue weighted by Crippen LogP contribution is -2.15. The van der Waals surface area contributed by atoms with Crippen LogP contribution in [0.5, 0.6) is 11.5 Å². The number of benzene rings is 1. The van der Waals surface area contributed by atoms with Crippen molar-refractivity contribution in [3.05, 3.63) is 30.1 Å². The van der Waals surface area contributed by atoms with Crippen molar-refractivity contribution in [1.29, 1.82) is 0 Å². The lowest BCUT2D eigenvalue weighted by Gasteiger charge is -2.18. The quantitative estimate of drug-likeness (QED) is 0.809. The van der Waals surface area contributed by atoms with Gasteiger partial charge in [0.15, 0.2) is 11.5 Å². The van der Waals surface area contributed by atoms with Gasteiger partial charge >= 0.3 is 5.97 Å². The van der Waals surface area contributed by atoms with Gasteiger partial charge in [-0.25, -0.2) is 9.78 Å². The van der Waals surface area contributed by atoms with Crippen LogP contribution in [0.4, 0.5) is 0 Å². The monoisotopic (exact) mass is 231 g/mol. The summed E-state index contributed by atoms with van der Waals surface area (Å²) in [4.78, 5) is 14.7. The van der Waals surface area contributed by atoms with Gasteiger partial charge in [0, 0.05) is 11.6 Å². The number of carboxylic acids is 1. The molecule has 0 spiro atoms. The maximum atomic E-state index is 10.8. The minimum atomic E-state index is -1.04. The van der Waals surface area contributed by atoms with Crippen LogP contribution in [0.1, 0.15) is 10.5 Å². The van der Waals surface area contributed by atoms with Gasteiger partial charge in [0.05, 0.1) is 0 Å². The summed E-state index contributed by atoms with van der Waals surface area (Å²) in [5, 5.41) is 10.5. The molecule has 0 unspecified atom stereocenters. The van der Waals surface area contributed by atoms with E-state index in [9.17, 15) is 4.79 Å². The number of pyridine rings is 1. The largest absolute Gasteiger partial charge is 0.486 e. The maximum absolute atomic E-state index is 10.8. The Morgan fingerprint density at radius 1 is 1.12 bits per heavy atom. The Kier molecular flexibility index (Phi) is 2.11. The van der Waals surface area contributed by atoms with Gasteiger partial charge < -0.3 is 14.6 Å². The SMILES string of the molecule is O=C(O)c1cc2cc3c(cc2cn1)OCCO3. The summed E-state index contributed by atoms with van der Waals surface area (Å²) < 4.78 is 10.9. The smallest absolute Gasteiger partial charge is 0.354 e. The van der Waals surface area contributed by atoms with Gasteiger partial charge in [0.2, 0.25) is 0 Å². The lowest BCUT2D eigenvalue weighted by atomic mass is 10.1. The Hall–Kier alpha value is -2.30. The molecule has 2 aromatic rings. The Morgan fingerprint density at radius 2 is 1.76 bits per heavy atom. The van der Waals surface area contributed by atoms with Crippen molar-refractivity contribution in [2.75, 3.05) is 13.2 Å². The maximum Gasteiger partial charge on any atom is 0.354 e. The van der Waals surface area contributed by atoms with Crippen molar-refractivity contribution < 1.29 is 19.4 Å². The lowest BCUT2D eigenvalue weighted by molar-refractivity contribution is 0.0690. The van der Waals surface area contributed by atoms with E-state index in [1.807, 2.05) is 6.07 Å². The molecule has 1 aliphatic rings. The summed E-state index contributed by atoms with van der Waals surface area (Å²) in [5.74, 6) is 0.279. The standard InChI is InChI=1S/C12H9NO4/c14-12(15)9-3-7-4-10-11(17-2-1-16-10)5-8(7)6-13-9/h3-6H,1-2H2,(H,14,15). The average molecular weight is 231 g/mol. The minimum absolute atomic E-state index is 0.0224. The van der Waals surface area contributed by atoms with Crippen molar-refractivity contribution >= 4 is 16.7 Å². The summed E-state index contributed by atoms with van der Waals surface area (Å²) in [6.45, 7) is 1.04. The zero-order chi connectivity index (χ0) is 11.8. The molecule has 17 heavy (non-hydrogen) atoms. The molecule has 0 bridgehead atoms. The molecule has 0 radical (unpaired) electrons. The van der Waals surface area contributed by atoms with Crippen LogP contribution in [-0.2, 0) is 0 Å². The molecule has 1 aromatic heterocycles. The molecule has 3 rings (SSSR count). The predicted molar refractivity (Wildman–Crippen MR) is 59.7 cm³/mol. The van der Waals surface area contributed by atoms with Crippen LogP contribution in [0.3, 0.4) is 0 Å². The first kappa shape index (κ1) is 9.89. The van der Waals surface area contributed by atoms with E-state index in [4.69, 9.17) is 14.6 Å². The third kappa shape index (κ3) is 1.65. The van der Waals surface area contributed by atoms with Crippen molar-refractivity contribution in [3.8, 4) is 11.5 Å². The van der Waals surface area contributed by atoms with Gasteiger partial charge in [-0.2, -0.15) is 0 Å². The van der Waals surface area contributed by atoms with Crippen molar-refractivity contribution in [2.24, 2.45) is 0 Å². The van der Waals surface area contributed by atoms with Crippen LogP contribution in [-0.4, -0.2) is 29.3 Å². The molecule has 0 saturated carbocycles. The Balaban J connectivity index is 2.20. The number of fused-ring (bicyclic) bond motifs is 2. The highest BCUT2D eigenvalue weighted by atomic mass is 16.6. The molecule has 1 aliphatic heterocycles. The molecule has 5 nitrogen and oxygen atoms in total. The second kappa shape index (κ2) is 3.62. The average Bonchev–Trinajstić information content (AvgIpc) is 2.35. The Bertz CT molecular complexity index is 609. The molecular weight excluding hydrogens is 222 g/mol. The summed E-state index contributed by atoms with van der Waals surface area (Å²) in [6.07, 6.45) is 1.52. The van der Waals surface area contributed by atoms with Crippen LogP contribution in [0.25, 0.3) is 10.8 Å². The number of hydrogen-bond acceptors (Lipinski definition) is 4. The minimum Gasteiger partial charge on any atom is -0.486 e. The number of aromatic carboxylic acids is 1. The number of nitrogens with zero attached hydrogens (tertiary/aromatic N) is 1. The van der Waals surface area contributed by atoms with Crippen LogP contribution < -0.4 is 9.47 Å². The Labute approximate surface area is 96.6 Å². The highest BCUT2D eigenvalue weighted by molar-refractivity contribution is 5.93. The fraction of sp³-hybridized carbons (Fsp3) is 0.167. The topological polar surface area (TPSA) is 68.7 Å². The number of hydrogen-bond donors (Lipinski definition) is 1. The van der Waals surface area contributed by atoms with E-state index >= 15 is 0 Å². The third-order valence-electron chi connectivity index (χ3n) is 2.60. The van der Waals surface area contributed by atoms with E-state index in [1.54, 1.807) is 6.07 Å². The van der Waals surface area contributed by atoms with E-state index < -0.39 is 5.97 Å². The van der Waals surface area contributed by atoms with E-state index in [0.717, 1.165) is 10.8 Å². The molecule has 86 valence electrons. The normalized spacial score (nSPS) is 13.6. The zero-order valence-corrected chi connectivity index (χ0v) is 8.84. The summed E-state index contributed by atoms with van der Waals surface area (Å²) >= 11 is 0. The number of aromatic nitrogens is 1. The van der Waals surface area contributed by atoms with Crippen molar-refractivity contribution in [2.45, 2.75) is 0 Å². The highest BCUT2D eigenvalue weighted by Gasteiger charge is 2.14. The molecular formula is C12H9NO4. The number of carbonyl (C=O) groups is 1. The highest BCUT2D eigenvalue weighted by Crippen LogP contribution is 2.34. The van der Waals surface area contributed by atoms with E-state index in [1.165, 1.54) is 12.3 Å². The fourth-order valence-electron chi connectivity index (χ4n) is 1.80. The molecule has 1 aromatic carbocycles. The second-order valence-corrected chi connectivity index (χ2v) is 3.72. The number of rotatable bonds is 1. The van der Waals surface area contributed by atoms with Gasteiger partial charge in [-0.3, -0.25) is 0 Å². The molecule has 1 N–H and O–H groups in total. The summed E-state index contributed by atoms with van der Waals surface area (Å²) in [6, 6.07) is 5.11. The van der Waals surface area contributed by atoms with Crippen LogP contribution in [0.2, 0.25) is 0 Å². The van der Waals surface area contributed by atoms with Crippen molar-refractivity contribution in [1.82, 2.24) is 4.98 Å². The van der Waals surface area contributed by atoms with Gasteiger partial charge in [-0.05, 0) is 23.6 Å². The first-order chi connectivity index (χ1) is 8.24. The van der Waals surface area contributed by atoms with Gasteiger partial charge in [0.1, 0.15) is 18.9 Å².